The molecule has 4 nitrogen and oxygen atoms in total. The number of fused-ring (bicyclic) bond motifs is 7. The minimum Gasteiger partial charge on any atom is -0.462 e. The summed E-state index contributed by atoms with van der Waals surface area (Å²) in [5.74, 6) is 5.09. The standard InChI is InChI=1S/C32H52O4/c1-19(2)15-28(33)35-23-10-12-30(5)22(16-23)7-8-24-25(30)11-13-31(6)26(24)17-27-29(31)21(4)32(36-27)14-9-20(3)18-34-32/h19-27,29H,7-18H2,1-6H3. The summed E-state index contributed by atoms with van der Waals surface area (Å²) in [5, 5.41) is 0. The van der Waals surface area contributed by atoms with Gasteiger partial charge in [-0.15, -0.1) is 0 Å². The monoisotopic (exact) mass is 500 g/mol. The van der Waals surface area contributed by atoms with E-state index in [4.69, 9.17) is 14.2 Å². The second kappa shape index (κ2) is 8.97. The van der Waals surface area contributed by atoms with Gasteiger partial charge in [0.1, 0.15) is 6.10 Å². The summed E-state index contributed by atoms with van der Waals surface area (Å²) in [6, 6.07) is 0. The first-order chi connectivity index (χ1) is 17.1. The van der Waals surface area contributed by atoms with Crippen LogP contribution in [0.4, 0.5) is 0 Å². The number of ether oxygens (including phenoxy) is 3. The molecule has 2 saturated heterocycles. The Kier molecular flexibility index (Phi) is 6.39. The summed E-state index contributed by atoms with van der Waals surface area (Å²) in [6.07, 6.45) is 13.5. The summed E-state index contributed by atoms with van der Waals surface area (Å²) in [6.45, 7) is 15.1. The second-order valence-corrected chi connectivity index (χ2v) is 15.2. The van der Waals surface area contributed by atoms with Crippen molar-refractivity contribution in [3.8, 4) is 0 Å². The van der Waals surface area contributed by atoms with E-state index in [0.29, 0.717) is 52.9 Å². The zero-order chi connectivity index (χ0) is 25.5. The predicted octanol–water partition coefficient (Wildman–Crippen LogP) is 7.39. The van der Waals surface area contributed by atoms with E-state index >= 15 is 0 Å². The molecule has 4 heteroatoms. The van der Waals surface area contributed by atoms with Gasteiger partial charge in [0.15, 0.2) is 5.79 Å². The third-order valence-electron chi connectivity index (χ3n) is 12.8. The van der Waals surface area contributed by atoms with Crippen LogP contribution in [-0.2, 0) is 19.0 Å². The van der Waals surface area contributed by atoms with Crippen molar-refractivity contribution in [3.63, 3.8) is 0 Å². The molecule has 0 radical (unpaired) electrons. The van der Waals surface area contributed by atoms with E-state index in [-0.39, 0.29) is 17.9 Å². The molecule has 0 aromatic carbocycles. The van der Waals surface area contributed by atoms with Gasteiger partial charge >= 0.3 is 5.97 Å². The fourth-order valence-corrected chi connectivity index (χ4v) is 10.9. The first kappa shape index (κ1) is 25.7. The Balaban J connectivity index is 1.15. The molecule has 4 saturated carbocycles. The number of hydrogen-bond donors (Lipinski definition) is 0. The van der Waals surface area contributed by atoms with Gasteiger partial charge in [0, 0.05) is 18.8 Å². The lowest BCUT2D eigenvalue weighted by molar-refractivity contribution is -0.273. The molecule has 4 aliphatic carbocycles. The zero-order valence-electron chi connectivity index (χ0n) is 23.9. The van der Waals surface area contributed by atoms with Crippen LogP contribution in [0.5, 0.6) is 0 Å². The van der Waals surface area contributed by atoms with E-state index < -0.39 is 0 Å². The van der Waals surface area contributed by atoms with Crippen LogP contribution < -0.4 is 0 Å². The van der Waals surface area contributed by atoms with Gasteiger partial charge in [0.2, 0.25) is 0 Å². The molecule has 6 fully saturated rings. The summed E-state index contributed by atoms with van der Waals surface area (Å²) < 4.78 is 19.4. The molecule has 0 aromatic rings. The lowest BCUT2D eigenvalue weighted by Gasteiger charge is -2.61. The van der Waals surface area contributed by atoms with Crippen LogP contribution in [0.25, 0.3) is 0 Å². The van der Waals surface area contributed by atoms with Gasteiger partial charge in [-0.05, 0) is 110 Å². The minimum atomic E-state index is -0.304. The van der Waals surface area contributed by atoms with Crippen molar-refractivity contribution in [3.05, 3.63) is 0 Å². The van der Waals surface area contributed by atoms with E-state index in [0.717, 1.165) is 43.6 Å². The molecule has 0 amide bonds. The van der Waals surface area contributed by atoms with E-state index in [9.17, 15) is 4.79 Å². The second-order valence-electron chi connectivity index (χ2n) is 15.2. The Labute approximate surface area is 220 Å². The van der Waals surface area contributed by atoms with Crippen molar-refractivity contribution in [2.24, 2.45) is 58.2 Å². The average Bonchev–Trinajstić information content (AvgIpc) is 3.26. The fourth-order valence-electron chi connectivity index (χ4n) is 10.9. The highest BCUT2D eigenvalue weighted by atomic mass is 16.7. The molecule has 6 rings (SSSR count). The van der Waals surface area contributed by atoms with Crippen molar-refractivity contribution in [2.75, 3.05) is 6.61 Å². The van der Waals surface area contributed by atoms with E-state index in [1.807, 2.05) is 0 Å². The molecule has 1 spiro atoms. The van der Waals surface area contributed by atoms with Gasteiger partial charge < -0.3 is 14.2 Å². The summed E-state index contributed by atoms with van der Waals surface area (Å²) in [7, 11) is 0. The molecule has 2 aliphatic heterocycles. The number of rotatable bonds is 3. The van der Waals surface area contributed by atoms with Gasteiger partial charge in [-0.3, -0.25) is 4.79 Å². The van der Waals surface area contributed by atoms with E-state index in [1.54, 1.807) is 0 Å². The maximum atomic E-state index is 12.4. The van der Waals surface area contributed by atoms with Crippen molar-refractivity contribution >= 4 is 5.97 Å². The third kappa shape index (κ3) is 3.85. The van der Waals surface area contributed by atoms with Crippen LogP contribution in [0.15, 0.2) is 0 Å². The molecule has 12 atom stereocenters. The Morgan fingerprint density at radius 1 is 0.944 bits per heavy atom. The number of hydrogen-bond acceptors (Lipinski definition) is 4. The molecule has 204 valence electrons. The number of carbonyl (C=O) groups is 1. The fraction of sp³-hybridized carbons (Fsp3) is 0.969. The maximum absolute atomic E-state index is 12.4. The molecule has 0 aromatic heterocycles. The molecule has 36 heavy (non-hydrogen) atoms. The average molecular weight is 501 g/mol. The summed E-state index contributed by atoms with van der Waals surface area (Å²) in [5.41, 5.74) is 0.813. The van der Waals surface area contributed by atoms with Crippen LogP contribution in [0.2, 0.25) is 0 Å². The minimum absolute atomic E-state index is 0.0153. The van der Waals surface area contributed by atoms with Gasteiger partial charge in [-0.2, -0.15) is 0 Å². The first-order valence-electron chi connectivity index (χ1n) is 15.6. The Hall–Kier alpha value is -0.610. The van der Waals surface area contributed by atoms with Crippen molar-refractivity contribution in [1.82, 2.24) is 0 Å². The Morgan fingerprint density at radius 2 is 1.72 bits per heavy atom. The first-order valence-corrected chi connectivity index (χ1v) is 15.6. The van der Waals surface area contributed by atoms with Crippen LogP contribution >= 0.6 is 0 Å². The smallest absolute Gasteiger partial charge is 0.306 e. The summed E-state index contributed by atoms with van der Waals surface area (Å²) >= 11 is 0. The highest BCUT2D eigenvalue weighted by molar-refractivity contribution is 5.69. The SMILES string of the molecule is CC(C)CC(=O)OC1CCC2(C)C(CCC3C2CCC2(C)C3CC3OC4(CCC(C)CO4)C(C)C32)C1. The molecule has 2 heterocycles. The van der Waals surface area contributed by atoms with Crippen LogP contribution in [-0.4, -0.2) is 30.6 Å². The van der Waals surface area contributed by atoms with Gasteiger partial charge in [-0.25, -0.2) is 0 Å². The summed E-state index contributed by atoms with van der Waals surface area (Å²) in [4.78, 5) is 12.4. The molecule has 6 aliphatic rings. The van der Waals surface area contributed by atoms with Crippen LogP contribution in [0.3, 0.4) is 0 Å². The predicted molar refractivity (Wildman–Crippen MR) is 141 cm³/mol. The number of esters is 1. The van der Waals surface area contributed by atoms with Crippen molar-refractivity contribution in [1.29, 1.82) is 0 Å². The van der Waals surface area contributed by atoms with Crippen molar-refractivity contribution in [2.45, 2.75) is 130 Å². The third-order valence-corrected chi connectivity index (χ3v) is 12.8. The molecule has 12 unspecified atom stereocenters. The van der Waals surface area contributed by atoms with E-state index in [2.05, 4.69) is 41.5 Å². The molecular formula is C32H52O4. The van der Waals surface area contributed by atoms with Gasteiger partial charge in [0.25, 0.3) is 0 Å². The Morgan fingerprint density at radius 3 is 2.44 bits per heavy atom. The van der Waals surface area contributed by atoms with Crippen molar-refractivity contribution < 1.29 is 19.0 Å². The van der Waals surface area contributed by atoms with Gasteiger partial charge in [-0.1, -0.05) is 41.5 Å². The van der Waals surface area contributed by atoms with E-state index in [1.165, 1.54) is 44.9 Å². The van der Waals surface area contributed by atoms with Crippen LogP contribution in [0.1, 0.15) is 112 Å². The zero-order valence-corrected chi connectivity index (χ0v) is 23.9. The highest BCUT2D eigenvalue weighted by Gasteiger charge is 2.69. The molecule has 0 bridgehead atoms. The highest BCUT2D eigenvalue weighted by Crippen LogP contribution is 2.71. The lowest BCUT2D eigenvalue weighted by atomic mass is 9.44. The van der Waals surface area contributed by atoms with Crippen LogP contribution in [0, 0.1) is 58.2 Å². The quantitative estimate of drug-likeness (QED) is 0.379. The Bertz CT molecular complexity index is 845. The molecular weight excluding hydrogens is 448 g/mol. The number of carbonyl (C=O) groups excluding carboxylic acids is 1. The molecule has 0 N–H and O–H groups in total. The topological polar surface area (TPSA) is 44.8 Å². The lowest BCUT2D eigenvalue weighted by Crippen LogP contribution is -2.55. The maximum Gasteiger partial charge on any atom is 0.306 e. The normalized spacial score (nSPS) is 54.0. The largest absolute Gasteiger partial charge is 0.462 e. The van der Waals surface area contributed by atoms with Gasteiger partial charge in [0.05, 0.1) is 12.7 Å².